The number of carbonyl (C=O) groups is 2. The number of amides is 2. The fourth-order valence-corrected chi connectivity index (χ4v) is 1.92. The summed E-state index contributed by atoms with van der Waals surface area (Å²) < 4.78 is 0. The predicted molar refractivity (Wildman–Crippen MR) is 76.0 cm³/mol. The molecular weight excluding hydrogens is 266 g/mol. The summed E-state index contributed by atoms with van der Waals surface area (Å²) in [7, 11) is 0. The highest BCUT2D eigenvalue weighted by Gasteiger charge is 2.16. The number of carbonyl (C=O) groups excluding carboxylic acids is 2. The Hall–Kier alpha value is -1.59. The molecule has 0 spiro atoms. The van der Waals surface area contributed by atoms with Gasteiger partial charge in [0.25, 0.3) is 0 Å². The van der Waals surface area contributed by atoms with Gasteiger partial charge < -0.3 is 16.8 Å². The zero-order valence-corrected chi connectivity index (χ0v) is 11.7. The molecular formula is C13H18ClN3O2. The Bertz CT molecular complexity index is 489. The molecule has 0 fully saturated rings. The van der Waals surface area contributed by atoms with Gasteiger partial charge in [-0.2, -0.15) is 0 Å². The van der Waals surface area contributed by atoms with E-state index in [0.717, 1.165) is 0 Å². The lowest BCUT2D eigenvalue weighted by molar-refractivity contribution is -0.117. The van der Waals surface area contributed by atoms with Crippen molar-refractivity contribution in [3.05, 3.63) is 28.8 Å². The summed E-state index contributed by atoms with van der Waals surface area (Å²) in [5.74, 6) is -0.558. The van der Waals surface area contributed by atoms with E-state index in [1.54, 1.807) is 6.07 Å². The number of nitrogens with two attached hydrogens (primary N) is 2. The third kappa shape index (κ3) is 4.54. The van der Waals surface area contributed by atoms with Gasteiger partial charge in [0.05, 0.1) is 16.6 Å². The van der Waals surface area contributed by atoms with Crippen molar-refractivity contribution in [3.8, 4) is 0 Å². The summed E-state index contributed by atoms with van der Waals surface area (Å²) in [6.07, 6.45) is 0.596. The molecule has 0 saturated heterocycles. The quantitative estimate of drug-likeness (QED) is 0.768. The van der Waals surface area contributed by atoms with E-state index in [-0.39, 0.29) is 16.5 Å². The Morgan fingerprint density at radius 2 is 2.00 bits per heavy atom. The Morgan fingerprint density at radius 1 is 1.37 bits per heavy atom. The van der Waals surface area contributed by atoms with Gasteiger partial charge >= 0.3 is 0 Å². The molecule has 6 heteroatoms. The molecule has 1 aromatic rings. The maximum atomic E-state index is 11.8. The van der Waals surface area contributed by atoms with E-state index in [2.05, 4.69) is 5.32 Å². The van der Waals surface area contributed by atoms with Crippen LogP contribution < -0.4 is 16.8 Å². The van der Waals surface area contributed by atoms with Crippen LogP contribution in [0.4, 0.5) is 5.69 Å². The fraction of sp³-hybridized carbons (Fsp3) is 0.385. The van der Waals surface area contributed by atoms with Crippen LogP contribution in [0.15, 0.2) is 18.2 Å². The van der Waals surface area contributed by atoms with Crippen LogP contribution in [0.25, 0.3) is 0 Å². The Kier molecular flexibility index (Phi) is 5.32. The first-order valence-corrected chi connectivity index (χ1v) is 6.35. The molecule has 0 saturated carbocycles. The molecule has 0 radical (unpaired) electrons. The van der Waals surface area contributed by atoms with Crippen molar-refractivity contribution in [3.63, 3.8) is 0 Å². The first-order valence-electron chi connectivity index (χ1n) is 5.97. The number of primary amides is 1. The minimum atomic E-state index is -0.612. The van der Waals surface area contributed by atoms with E-state index in [4.69, 9.17) is 23.1 Å². The number of nitrogens with one attached hydrogen (secondary N) is 1. The molecule has 0 bridgehead atoms. The highest BCUT2D eigenvalue weighted by Crippen LogP contribution is 2.20. The summed E-state index contributed by atoms with van der Waals surface area (Å²) in [6.45, 7) is 3.98. The van der Waals surface area contributed by atoms with E-state index in [9.17, 15) is 9.59 Å². The van der Waals surface area contributed by atoms with Gasteiger partial charge in [0.15, 0.2) is 0 Å². The number of halogens is 1. The lowest BCUT2D eigenvalue weighted by atomic mass is 10.0. The predicted octanol–water partition coefficient (Wildman–Crippen LogP) is 1.75. The Labute approximate surface area is 117 Å². The molecule has 104 valence electrons. The highest BCUT2D eigenvalue weighted by molar-refractivity contribution is 6.34. The molecule has 0 unspecified atom stereocenters. The van der Waals surface area contributed by atoms with Crippen LogP contribution in [0.1, 0.15) is 30.6 Å². The van der Waals surface area contributed by atoms with Crippen molar-refractivity contribution < 1.29 is 9.59 Å². The molecule has 5 nitrogen and oxygen atoms in total. The molecule has 5 N–H and O–H groups in total. The first-order chi connectivity index (χ1) is 8.81. The molecule has 0 aliphatic rings. The third-order valence-corrected chi connectivity index (χ3v) is 2.88. The summed E-state index contributed by atoms with van der Waals surface area (Å²) in [6, 6.07) is 3.93. The minimum absolute atomic E-state index is 0.197. The van der Waals surface area contributed by atoms with E-state index < -0.39 is 11.9 Å². The van der Waals surface area contributed by atoms with Crippen molar-refractivity contribution in [1.29, 1.82) is 0 Å². The van der Waals surface area contributed by atoms with Gasteiger partial charge in [-0.1, -0.05) is 25.4 Å². The van der Waals surface area contributed by atoms with Crippen molar-refractivity contribution >= 4 is 29.1 Å². The molecule has 0 aliphatic heterocycles. The molecule has 0 aliphatic carbocycles. The van der Waals surface area contributed by atoms with Crippen molar-refractivity contribution in [1.82, 2.24) is 0 Å². The van der Waals surface area contributed by atoms with Gasteiger partial charge in [-0.05, 0) is 30.5 Å². The van der Waals surface area contributed by atoms with Gasteiger partial charge in [0, 0.05) is 5.69 Å². The third-order valence-electron chi connectivity index (χ3n) is 2.56. The Balaban J connectivity index is 2.75. The SMILES string of the molecule is CC(C)C[C@H](N)C(=O)Nc1ccc(C(N)=O)c(Cl)c1. The van der Waals surface area contributed by atoms with Crippen LogP contribution in [0.3, 0.4) is 0 Å². The fourth-order valence-electron chi connectivity index (χ4n) is 1.64. The normalized spacial score (nSPS) is 12.3. The van der Waals surface area contributed by atoms with E-state index >= 15 is 0 Å². The van der Waals surface area contributed by atoms with E-state index in [1.807, 2.05) is 13.8 Å². The second kappa shape index (κ2) is 6.54. The summed E-state index contributed by atoms with van der Waals surface area (Å²) in [5, 5.41) is 2.85. The zero-order valence-electron chi connectivity index (χ0n) is 10.9. The smallest absolute Gasteiger partial charge is 0.250 e. The van der Waals surface area contributed by atoms with Gasteiger partial charge in [-0.3, -0.25) is 9.59 Å². The average molecular weight is 284 g/mol. The van der Waals surface area contributed by atoms with Crippen LogP contribution in [0.2, 0.25) is 5.02 Å². The second-order valence-electron chi connectivity index (χ2n) is 4.78. The maximum absolute atomic E-state index is 11.8. The molecule has 0 heterocycles. The van der Waals surface area contributed by atoms with Crippen LogP contribution in [0.5, 0.6) is 0 Å². The maximum Gasteiger partial charge on any atom is 0.250 e. The summed E-state index contributed by atoms with van der Waals surface area (Å²) in [4.78, 5) is 22.8. The van der Waals surface area contributed by atoms with Crippen molar-refractivity contribution in [2.45, 2.75) is 26.3 Å². The van der Waals surface area contributed by atoms with Crippen LogP contribution in [0, 0.1) is 5.92 Å². The van der Waals surface area contributed by atoms with Crippen LogP contribution in [-0.4, -0.2) is 17.9 Å². The van der Waals surface area contributed by atoms with Crippen molar-refractivity contribution in [2.24, 2.45) is 17.4 Å². The number of hydrogen-bond acceptors (Lipinski definition) is 3. The van der Waals surface area contributed by atoms with Crippen LogP contribution in [-0.2, 0) is 4.79 Å². The topological polar surface area (TPSA) is 98.2 Å². The number of benzene rings is 1. The summed E-state index contributed by atoms with van der Waals surface area (Å²) >= 11 is 5.89. The lowest BCUT2D eigenvalue weighted by Crippen LogP contribution is -2.36. The van der Waals surface area contributed by atoms with Gasteiger partial charge in [0.2, 0.25) is 11.8 Å². The number of anilines is 1. The lowest BCUT2D eigenvalue weighted by Gasteiger charge is -2.14. The molecule has 19 heavy (non-hydrogen) atoms. The largest absolute Gasteiger partial charge is 0.366 e. The standard InChI is InChI=1S/C13H18ClN3O2/c1-7(2)5-11(15)13(19)17-8-3-4-9(12(16)18)10(14)6-8/h3-4,6-7,11H,5,15H2,1-2H3,(H2,16,18)(H,17,19)/t11-/m0/s1. The molecule has 0 aromatic heterocycles. The Morgan fingerprint density at radius 3 is 2.47 bits per heavy atom. The molecule has 1 atom stereocenters. The molecule has 2 amide bonds. The second-order valence-corrected chi connectivity index (χ2v) is 5.19. The monoisotopic (exact) mass is 283 g/mol. The molecule has 1 aromatic carbocycles. The van der Waals surface area contributed by atoms with Gasteiger partial charge in [0.1, 0.15) is 0 Å². The minimum Gasteiger partial charge on any atom is -0.366 e. The molecule has 1 rings (SSSR count). The van der Waals surface area contributed by atoms with Gasteiger partial charge in [-0.25, -0.2) is 0 Å². The number of rotatable bonds is 5. The zero-order chi connectivity index (χ0) is 14.6. The highest BCUT2D eigenvalue weighted by atomic mass is 35.5. The number of hydrogen-bond donors (Lipinski definition) is 3. The van der Waals surface area contributed by atoms with E-state index in [0.29, 0.717) is 18.0 Å². The average Bonchev–Trinajstić information content (AvgIpc) is 2.27. The van der Waals surface area contributed by atoms with Crippen molar-refractivity contribution in [2.75, 3.05) is 5.32 Å². The van der Waals surface area contributed by atoms with Gasteiger partial charge in [-0.15, -0.1) is 0 Å². The van der Waals surface area contributed by atoms with E-state index in [1.165, 1.54) is 12.1 Å². The summed E-state index contributed by atoms with van der Waals surface area (Å²) in [5.41, 5.74) is 11.6. The van der Waals surface area contributed by atoms with Crippen LogP contribution >= 0.6 is 11.6 Å². The first kappa shape index (κ1) is 15.5.